The Labute approximate surface area is 361 Å². The molecule has 1 aliphatic carbocycles. The van der Waals surface area contributed by atoms with Crippen LogP contribution in [0.3, 0.4) is 0 Å². The predicted molar refractivity (Wildman–Crippen MR) is 248 cm³/mol. The number of benzene rings is 5. The highest BCUT2D eigenvalue weighted by Crippen LogP contribution is 2.48. The van der Waals surface area contributed by atoms with Gasteiger partial charge in [-0.2, -0.15) is 0 Å². The fourth-order valence-electron chi connectivity index (χ4n) is 9.60. The van der Waals surface area contributed by atoms with Gasteiger partial charge in [0.25, 0.3) is 8.32 Å². The van der Waals surface area contributed by atoms with Gasteiger partial charge in [0.2, 0.25) is 11.8 Å². The number of phenols is 1. The molecule has 4 atom stereocenters. The molecule has 61 heavy (non-hydrogen) atoms. The van der Waals surface area contributed by atoms with Gasteiger partial charge in [0.05, 0.1) is 36.8 Å². The Hall–Kier alpha value is -5.58. The molecule has 2 amide bonds. The molecular formula is C52H58N2O6Si. The maximum absolute atomic E-state index is 14.6. The van der Waals surface area contributed by atoms with Crippen molar-refractivity contribution in [1.29, 1.82) is 0 Å². The second-order valence-electron chi connectivity index (χ2n) is 17.4. The molecule has 0 aromatic heterocycles. The summed E-state index contributed by atoms with van der Waals surface area (Å²) in [5.74, 6) is -2.87. The van der Waals surface area contributed by atoms with Crippen LogP contribution in [-0.4, -0.2) is 54.8 Å². The van der Waals surface area contributed by atoms with Gasteiger partial charge in [0.1, 0.15) is 5.75 Å². The van der Waals surface area contributed by atoms with Crippen LogP contribution in [0.15, 0.2) is 156 Å². The highest BCUT2D eigenvalue weighted by molar-refractivity contribution is 6.99. The molecule has 0 unspecified atom stereocenters. The first-order valence-electron chi connectivity index (χ1n) is 21.5. The monoisotopic (exact) mass is 834 g/mol. The number of imide groups is 1. The van der Waals surface area contributed by atoms with Crippen LogP contribution in [0, 0.1) is 17.8 Å². The van der Waals surface area contributed by atoms with Crippen LogP contribution in [-0.2, 0) is 14.0 Å². The summed E-state index contributed by atoms with van der Waals surface area (Å²) in [5, 5.41) is 39.1. The fourth-order valence-corrected chi connectivity index (χ4v) is 14.1. The number of rotatable bonds is 16. The first kappa shape index (κ1) is 43.5. The molecule has 9 heteroatoms. The molecule has 1 aliphatic heterocycles. The number of para-hydroxylation sites is 1. The summed E-state index contributed by atoms with van der Waals surface area (Å²) in [6.07, 6.45) is 3.89. The van der Waals surface area contributed by atoms with Crippen LogP contribution in [0.5, 0.6) is 5.75 Å². The van der Waals surface area contributed by atoms with Gasteiger partial charge in [0, 0.05) is 17.3 Å². The lowest BCUT2D eigenvalue weighted by Crippen LogP contribution is -2.66. The fraction of sp³-hybridized carbons (Fsp3) is 0.308. The van der Waals surface area contributed by atoms with Gasteiger partial charge in [-0.3, -0.25) is 14.5 Å². The number of hydrogen-bond donors (Lipinski definition) is 4. The Morgan fingerprint density at radius 2 is 1.43 bits per heavy atom. The maximum Gasteiger partial charge on any atom is 0.261 e. The number of aromatic hydroxyl groups is 1. The average molecular weight is 835 g/mol. The van der Waals surface area contributed by atoms with Crippen LogP contribution >= 0.6 is 0 Å². The van der Waals surface area contributed by atoms with Crippen LogP contribution < -0.4 is 20.6 Å². The lowest BCUT2D eigenvalue weighted by atomic mass is 9.68. The Kier molecular flexibility index (Phi) is 13.5. The molecule has 1 fully saturated rings. The number of carbonyl (C=O) groups excluding carboxylic acids is 2. The third-order valence-electron chi connectivity index (χ3n) is 12.4. The smallest absolute Gasteiger partial charge is 0.261 e. The van der Waals surface area contributed by atoms with E-state index in [1.54, 1.807) is 24.3 Å². The lowest BCUT2D eigenvalue weighted by molar-refractivity contribution is -0.123. The summed E-state index contributed by atoms with van der Waals surface area (Å²) >= 11 is 0. The van der Waals surface area contributed by atoms with Gasteiger partial charge in [-0.15, -0.1) is 0 Å². The SMILES string of the molecule is CCC/C(=C\c1cccc(O)c1)CC[C@@H](O)C1=C(CO[Si](c2ccccc2)(c2ccccc2)C(C)(C)C)C[C@H]2C(=O)N(c3ccc(Nc4ccccc4)cc3)C(=O)[C@H]2[C@H]1CO. The summed E-state index contributed by atoms with van der Waals surface area (Å²) in [7, 11) is -3.06. The summed E-state index contributed by atoms with van der Waals surface area (Å²) in [6, 6.07) is 44.8. The number of aliphatic hydroxyl groups excluding tert-OH is 2. The lowest BCUT2D eigenvalue weighted by Gasteiger charge is -2.44. The maximum atomic E-state index is 14.6. The first-order chi connectivity index (χ1) is 29.4. The van der Waals surface area contributed by atoms with E-state index in [9.17, 15) is 24.9 Å². The van der Waals surface area contributed by atoms with E-state index in [0.29, 0.717) is 24.1 Å². The Morgan fingerprint density at radius 3 is 2.00 bits per heavy atom. The minimum Gasteiger partial charge on any atom is -0.508 e. The van der Waals surface area contributed by atoms with Crippen molar-refractivity contribution in [1.82, 2.24) is 0 Å². The van der Waals surface area contributed by atoms with E-state index in [2.05, 4.69) is 63.4 Å². The van der Waals surface area contributed by atoms with Gasteiger partial charge in [0.15, 0.2) is 0 Å². The van der Waals surface area contributed by atoms with E-state index in [-0.39, 0.29) is 35.6 Å². The molecule has 8 nitrogen and oxygen atoms in total. The number of fused-ring (bicyclic) bond motifs is 1. The van der Waals surface area contributed by atoms with Gasteiger partial charge in [-0.05, 0) is 106 Å². The minimum absolute atomic E-state index is 0.127. The van der Waals surface area contributed by atoms with Crippen molar-refractivity contribution in [3.05, 3.63) is 162 Å². The summed E-state index contributed by atoms with van der Waals surface area (Å²) in [5.41, 5.74) is 5.56. The first-order valence-corrected chi connectivity index (χ1v) is 23.4. The number of nitrogens with one attached hydrogen (secondary N) is 1. The topological polar surface area (TPSA) is 119 Å². The third-order valence-corrected chi connectivity index (χ3v) is 17.3. The van der Waals surface area contributed by atoms with E-state index in [0.717, 1.165) is 51.3 Å². The Morgan fingerprint density at radius 1 is 0.820 bits per heavy atom. The number of aliphatic hydroxyl groups is 2. The number of nitrogens with zero attached hydrogens (tertiary/aromatic N) is 1. The highest BCUT2D eigenvalue weighted by Gasteiger charge is 2.56. The van der Waals surface area contributed by atoms with E-state index in [1.807, 2.05) is 91.0 Å². The zero-order chi connectivity index (χ0) is 43.1. The number of allylic oxidation sites excluding steroid dienone is 1. The molecule has 0 bridgehead atoms. The second kappa shape index (κ2) is 19.0. The van der Waals surface area contributed by atoms with Gasteiger partial charge < -0.3 is 25.1 Å². The number of anilines is 3. The molecule has 5 aromatic rings. The zero-order valence-electron chi connectivity index (χ0n) is 35.6. The zero-order valence-corrected chi connectivity index (χ0v) is 36.6. The Bertz CT molecular complexity index is 2300. The van der Waals surface area contributed by atoms with E-state index >= 15 is 0 Å². The van der Waals surface area contributed by atoms with Crippen LogP contribution in [0.1, 0.15) is 65.4 Å². The van der Waals surface area contributed by atoms with Gasteiger partial charge in [-0.1, -0.05) is 137 Å². The van der Waals surface area contributed by atoms with Crippen molar-refractivity contribution in [2.24, 2.45) is 17.8 Å². The molecule has 0 saturated carbocycles. The normalized spacial score (nSPS) is 19.0. The molecular weight excluding hydrogens is 777 g/mol. The number of amides is 2. The van der Waals surface area contributed by atoms with Crippen LogP contribution in [0.25, 0.3) is 6.08 Å². The van der Waals surface area contributed by atoms with Crippen molar-refractivity contribution in [3.8, 4) is 5.75 Å². The van der Waals surface area contributed by atoms with Crippen molar-refractivity contribution >= 4 is 53.6 Å². The summed E-state index contributed by atoms with van der Waals surface area (Å²) in [6.45, 7) is 8.46. The van der Waals surface area contributed by atoms with Gasteiger partial charge >= 0.3 is 0 Å². The second-order valence-corrected chi connectivity index (χ2v) is 21.7. The quantitative estimate of drug-likeness (QED) is 0.0445. The summed E-state index contributed by atoms with van der Waals surface area (Å²) in [4.78, 5) is 30.4. The van der Waals surface area contributed by atoms with E-state index in [1.165, 1.54) is 4.90 Å². The van der Waals surface area contributed by atoms with Crippen LogP contribution in [0.4, 0.5) is 17.1 Å². The number of phenolic OH excluding ortho intramolecular Hbond substituents is 1. The molecule has 0 radical (unpaired) electrons. The Balaban J connectivity index is 1.26. The summed E-state index contributed by atoms with van der Waals surface area (Å²) < 4.78 is 7.45. The van der Waals surface area contributed by atoms with E-state index in [4.69, 9.17) is 4.43 Å². The average Bonchev–Trinajstić information content (AvgIpc) is 3.51. The number of hydrogen-bond acceptors (Lipinski definition) is 7. The van der Waals surface area contributed by atoms with Crippen molar-refractivity contribution in [2.45, 2.75) is 70.9 Å². The molecule has 1 saturated heterocycles. The molecule has 4 N–H and O–H groups in total. The predicted octanol–water partition coefficient (Wildman–Crippen LogP) is 9.15. The van der Waals surface area contributed by atoms with Crippen LogP contribution in [0.2, 0.25) is 5.04 Å². The third kappa shape index (κ3) is 9.21. The highest BCUT2D eigenvalue weighted by atomic mass is 28.4. The number of carbonyl (C=O) groups is 2. The molecule has 1 heterocycles. The van der Waals surface area contributed by atoms with Crippen molar-refractivity contribution < 1.29 is 29.3 Å². The molecule has 316 valence electrons. The molecule has 0 spiro atoms. The molecule has 2 aliphatic rings. The largest absolute Gasteiger partial charge is 0.508 e. The van der Waals surface area contributed by atoms with Gasteiger partial charge in [-0.25, -0.2) is 0 Å². The standard InChI is InChI=1S/C52H58N2O6Si/c1-5-16-36(31-37-17-15-20-42(56)32-37)25-30-47(57)48-38(35-60-61(52(2,3)4,43-21-11-7-12-22-43)44-23-13-8-14-24-44)33-45-49(46(48)34-55)51(59)54(50(45)58)41-28-26-40(27-29-41)53-39-18-9-6-10-19-39/h6-15,17-24,26-29,31-32,45-47,49,53,55-57H,5,16,25,30,33-35H2,1-4H3/b36-31+/t45-,46+,47-,49-/m1/s1. The minimum atomic E-state index is -3.06. The van der Waals surface area contributed by atoms with Crippen molar-refractivity contribution in [2.75, 3.05) is 23.4 Å². The molecule has 7 rings (SSSR count). The molecule has 5 aromatic carbocycles. The van der Waals surface area contributed by atoms with Crippen molar-refractivity contribution in [3.63, 3.8) is 0 Å². The van der Waals surface area contributed by atoms with E-state index < -0.39 is 38.8 Å².